The summed E-state index contributed by atoms with van der Waals surface area (Å²) in [5, 5.41) is 3.31. The lowest BCUT2D eigenvalue weighted by molar-refractivity contribution is -0.120. The number of hydrogen-bond donors (Lipinski definition) is 2. The molecule has 1 aliphatic heterocycles. The van der Waals surface area contributed by atoms with Crippen LogP contribution in [0.3, 0.4) is 0 Å². The number of likely N-dealkylation sites (N-methyl/N-ethyl adjacent to an activating group) is 1. The molecule has 1 aromatic heterocycles. The maximum atomic E-state index is 11.6. The topological polar surface area (TPSA) is 93.4 Å². The Labute approximate surface area is 125 Å². The van der Waals surface area contributed by atoms with Gasteiger partial charge in [-0.05, 0) is 18.2 Å². The van der Waals surface area contributed by atoms with Crippen LogP contribution in [0.5, 0.6) is 5.75 Å². The third-order valence-electron chi connectivity index (χ3n) is 3.03. The van der Waals surface area contributed by atoms with Crippen molar-refractivity contribution in [3.63, 3.8) is 0 Å². The predicted octanol–water partition coefficient (Wildman–Crippen LogP) is 1.81. The highest BCUT2D eigenvalue weighted by Gasteiger charge is 2.22. The molecule has 0 fully saturated rings. The van der Waals surface area contributed by atoms with E-state index in [1.54, 1.807) is 30.1 Å². The first-order valence-corrected chi connectivity index (χ1v) is 6.51. The minimum absolute atomic E-state index is 0.0499. The molecule has 3 N–H and O–H groups in total. The molecule has 0 bridgehead atoms. The normalized spacial score (nSPS) is 13.6. The van der Waals surface area contributed by atoms with Crippen molar-refractivity contribution in [2.24, 2.45) is 0 Å². The Morgan fingerprint density at radius 2 is 2.19 bits per heavy atom. The summed E-state index contributed by atoms with van der Waals surface area (Å²) in [4.78, 5) is 21.0. The molecule has 108 valence electrons. The molecule has 21 heavy (non-hydrogen) atoms. The molecular weight excluding hydrogens is 294 g/mol. The highest BCUT2D eigenvalue weighted by atomic mass is 35.5. The van der Waals surface area contributed by atoms with Crippen LogP contribution in [0, 0.1) is 0 Å². The Balaban J connectivity index is 1.92. The van der Waals surface area contributed by atoms with Gasteiger partial charge in [0.05, 0.1) is 5.69 Å². The maximum absolute atomic E-state index is 11.6. The Morgan fingerprint density at radius 3 is 2.95 bits per heavy atom. The molecule has 0 unspecified atom stereocenters. The van der Waals surface area contributed by atoms with E-state index >= 15 is 0 Å². The van der Waals surface area contributed by atoms with Crippen LogP contribution in [0.15, 0.2) is 24.3 Å². The monoisotopic (exact) mass is 305 g/mol. The van der Waals surface area contributed by atoms with Crippen LogP contribution in [0.1, 0.15) is 0 Å². The van der Waals surface area contributed by atoms with Crippen LogP contribution >= 0.6 is 11.6 Å². The first-order valence-electron chi connectivity index (χ1n) is 6.13. The van der Waals surface area contributed by atoms with Gasteiger partial charge in [0.15, 0.2) is 6.61 Å². The van der Waals surface area contributed by atoms with Crippen molar-refractivity contribution in [3.8, 4) is 5.75 Å². The second kappa shape index (κ2) is 5.10. The summed E-state index contributed by atoms with van der Waals surface area (Å²) in [7, 11) is 1.70. The first kappa shape index (κ1) is 13.4. The van der Waals surface area contributed by atoms with Gasteiger partial charge in [0.1, 0.15) is 16.7 Å². The van der Waals surface area contributed by atoms with E-state index in [2.05, 4.69) is 15.3 Å². The van der Waals surface area contributed by atoms with Gasteiger partial charge in [-0.15, -0.1) is 0 Å². The zero-order chi connectivity index (χ0) is 15.0. The number of carbonyl (C=O) groups excluding carboxylic acids is 1. The van der Waals surface area contributed by atoms with Crippen LogP contribution < -0.4 is 20.7 Å². The molecule has 8 heteroatoms. The van der Waals surface area contributed by atoms with Crippen LogP contribution in [0.4, 0.5) is 23.1 Å². The van der Waals surface area contributed by atoms with Crippen molar-refractivity contribution in [3.05, 3.63) is 29.4 Å². The van der Waals surface area contributed by atoms with Crippen molar-refractivity contribution >= 4 is 40.6 Å². The number of nitrogens with zero attached hydrogens (tertiary/aromatic N) is 3. The number of rotatable bonds is 2. The number of carbonyl (C=O) groups is 1. The lowest BCUT2D eigenvalue weighted by Crippen LogP contribution is -2.35. The van der Waals surface area contributed by atoms with Crippen LogP contribution in [0.25, 0.3) is 0 Å². The average Bonchev–Trinajstić information content (AvgIpc) is 2.42. The van der Waals surface area contributed by atoms with E-state index in [1.807, 2.05) is 6.07 Å². The molecule has 2 aromatic rings. The van der Waals surface area contributed by atoms with E-state index in [0.717, 1.165) is 5.69 Å². The molecule has 0 spiro atoms. The van der Waals surface area contributed by atoms with Gasteiger partial charge in [0, 0.05) is 18.8 Å². The molecule has 0 aliphatic carbocycles. The van der Waals surface area contributed by atoms with Crippen LogP contribution in [-0.4, -0.2) is 29.5 Å². The van der Waals surface area contributed by atoms with Crippen molar-refractivity contribution in [2.45, 2.75) is 0 Å². The number of benzene rings is 1. The molecule has 1 aromatic carbocycles. The SMILES string of the molecule is CN1C(=O)COc2ccc(Nc3cc(Cl)nc(N)n3)cc21. The van der Waals surface area contributed by atoms with E-state index in [1.165, 1.54) is 0 Å². The number of hydrogen-bond acceptors (Lipinski definition) is 6. The van der Waals surface area contributed by atoms with Crippen molar-refractivity contribution in [1.82, 2.24) is 9.97 Å². The summed E-state index contributed by atoms with van der Waals surface area (Å²) in [6.07, 6.45) is 0. The molecule has 3 rings (SSSR count). The van der Waals surface area contributed by atoms with Crippen molar-refractivity contribution in [2.75, 3.05) is 29.6 Å². The summed E-state index contributed by atoms with van der Waals surface area (Å²) in [6, 6.07) is 6.95. The molecule has 1 aliphatic rings. The van der Waals surface area contributed by atoms with Gasteiger partial charge in [-0.2, -0.15) is 4.98 Å². The van der Waals surface area contributed by atoms with Gasteiger partial charge >= 0.3 is 0 Å². The standard InChI is InChI=1S/C13H12ClN5O2/c1-19-8-4-7(2-3-9(8)21-6-12(19)20)16-11-5-10(14)17-13(15)18-11/h2-5H,6H2,1H3,(H3,15,16,17,18). The molecule has 0 radical (unpaired) electrons. The zero-order valence-corrected chi connectivity index (χ0v) is 11.9. The summed E-state index contributed by atoms with van der Waals surface area (Å²) < 4.78 is 5.36. The van der Waals surface area contributed by atoms with E-state index in [9.17, 15) is 4.79 Å². The van der Waals surface area contributed by atoms with Gasteiger partial charge in [0.2, 0.25) is 5.95 Å². The fourth-order valence-electron chi connectivity index (χ4n) is 2.00. The third kappa shape index (κ3) is 2.68. The molecule has 1 amide bonds. The van der Waals surface area contributed by atoms with Crippen LogP contribution in [0.2, 0.25) is 5.15 Å². The second-order valence-corrected chi connectivity index (χ2v) is 4.87. The Morgan fingerprint density at radius 1 is 1.38 bits per heavy atom. The number of nitrogens with two attached hydrogens (primary N) is 1. The Kier molecular flexibility index (Phi) is 3.26. The minimum atomic E-state index is -0.103. The number of ether oxygens (including phenoxy) is 1. The lowest BCUT2D eigenvalue weighted by atomic mass is 10.2. The molecule has 7 nitrogen and oxygen atoms in total. The Hall–Kier alpha value is -2.54. The van der Waals surface area contributed by atoms with E-state index in [0.29, 0.717) is 17.3 Å². The summed E-state index contributed by atoms with van der Waals surface area (Å²) in [6.45, 7) is 0.0499. The fraction of sp³-hybridized carbons (Fsp3) is 0.154. The fourth-order valence-corrected chi connectivity index (χ4v) is 2.19. The van der Waals surface area contributed by atoms with E-state index in [-0.39, 0.29) is 23.6 Å². The lowest BCUT2D eigenvalue weighted by Gasteiger charge is -2.26. The average molecular weight is 306 g/mol. The molecular formula is C13H12ClN5O2. The number of halogens is 1. The van der Waals surface area contributed by atoms with Gasteiger partial charge in [-0.3, -0.25) is 4.79 Å². The van der Waals surface area contributed by atoms with E-state index in [4.69, 9.17) is 22.1 Å². The predicted molar refractivity (Wildman–Crippen MR) is 80.1 cm³/mol. The second-order valence-electron chi connectivity index (χ2n) is 4.48. The first-order chi connectivity index (χ1) is 10.0. The smallest absolute Gasteiger partial charge is 0.264 e. The number of aromatic nitrogens is 2. The Bertz CT molecular complexity index is 701. The largest absolute Gasteiger partial charge is 0.482 e. The third-order valence-corrected chi connectivity index (χ3v) is 3.22. The maximum Gasteiger partial charge on any atom is 0.264 e. The van der Waals surface area contributed by atoms with Gasteiger partial charge in [-0.25, -0.2) is 4.98 Å². The highest BCUT2D eigenvalue weighted by molar-refractivity contribution is 6.29. The van der Waals surface area contributed by atoms with Gasteiger partial charge < -0.3 is 20.7 Å². The number of nitrogen functional groups attached to an aromatic ring is 1. The number of nitrogens with one attached hydrogen (secondary N) is 1. The highest BCUT2D eigenvalue weighted by Crippen LogP contribution is 2.34. The molecule has 0 saturated heterocycles. The van der Waals surface area contributed by atoms with Crippen molar-refractivity contribution in [1.29, 1.82) is 0 Å². The molecule has 2 heterocycles. The number of fused-ring (bicyclic) bond motifs is 1. The number of amides is 1. The molecule has 0 atom stereocenters. The minimum Gasteiger partial charge on any atom is -0.482 e. The molecule has 0 saturated carbocycles. The summed E-state index contributed by atoms with van der Waals surface area (Å²) in [5.74, 6) is 1.11. The quantitative estimate of drug-likeness (QED) is 0.822. The summed E-state index contributed by atoms with van der Waals surface area (Å²) in [5.41, 5.74) is 6.96. The van der Waals surface area contributed by atoms with Crippen molar-refractivity contribution < 1.29 is 9.53 Å². The number of anilines is 4. The van der Waals surface area contributed by atoms with Gasteiger partial charge in [-0.1, -0.05) is 11.6 Å². The van der Waals surface area contributed by atoms with Crippen LogP contribution in [-0.2, 0) is 4.79 Å². The van der Waals surface area contributed by atoms with E-state index < -0.39 is 0 Å². The zero-order valence-electron chi connectivity index (χ0n) is 11.1. The van der Waals surface area contributed by atoms with Gasteiger partial charge in [0.25, 0.3) is 5.91 Å². The summed E-state index contributed by atoms with van der Waals surface area (Å²) >= 11 is 5.83.